The Kier molecular flexibility index (Phi) is 4.79. The van der Waals surface area contributed by atoms with Crippen LogP contribution in [0.15, 0.2) is 18.2 Å². The van der Waals surface area contributed by atoms with Gasteiger partial charge in [-0.15, -0.1) is 0 Å². The Labute approximate surface area is 127 Å². The molecule has 0 aliphatic heterocycles. The molecule has 1 aromatic rings. The van der Waals surface area contributed by atoms with Crippen LogP contribution in [0.1, 0.15) is 50.0 Å². The van der Waals surface area contributed by atoms with Gasteiger partial charge < -0.3 is 10.1 Å². The average molecular weight is 291 g/mol. The number of nitrogens with one attached hydrogen (secondary N) is 1. The predicted molar refractivity (Wildman–Crippen MR) is 83.2 cm³/mol. The topological polar surface area (TPSA) is 21.3 Å². The quantitative estimate of drug-likeness (QED) is 0.851. The molecule has 2 unspecified atom stereocenters. The maximum Gasteiger partial charge on any atom is 0.123 e. The molecule has 1 aromatic carbocycles. The molecule has 2 atom stereocenters. The minimum Gasteiger partial charge on any atom is -0.496 e. The fraction of sp³-hybridized carbons (Fsp3) is 0.667. The Hall–Kier alpha value is -1.09. The van der Waals surface area contributed by atoms with Gasteiger partial charge in [0.15, 0.2) is 0 Å². The van der Waals surface area contributed by atoms with Gasteiger partial charge in [0.1, 0.15) is 11.6 Å². The maximum absolute atomic E-state index is 13.4. The molecule has 0 bridgehead atoms. The number of hydrogen-bond acceptors (Lipinski definition) is 2. The summed E-state index contributed by atoms with van der Waals surface area (Å²) >= 11 is 0. The van der Waals surface area contributed by atoms with Gasteiger partial charge in [0.2, 0.25) is 0 Å². The van der Waals surface area contributed by atoms with Crippen LogP contribution in [-0.4, -0.2) is 20.2 Å². The van der Waals surface area contributed by atoms with Gasteiger partial charge in [-0.2, -0.15) is 0 Å². The van der Waals surface area contributed by atoms with E-state index in [2.05, 4.69) is 5.32 Å². The van der Waals surface area contributed by atoms with E-state index in [1.165, 1.54) is 38.2 Å². The van der Waals surface area contributed by atoms with Crippen LogP contribution in [0.4, 0.5) is 4.39 Å². The van der Waals surface area contributed by atoms with Gasteiger partial charge in [-0.3, -0.25) is 0 Å². The summed E-state index contributed by atoms with van der Waals surface area (Å²) < 4.78 is 18.8. The van der Waals surface area contributed by atoms with E-state index in [0.29, 0.717) is 11.8 Å². The molecule has 116 valence electrons. The van der Waals surface area contributed by atoms with Gasteiger partial charge in [0.25, 0.3) is 0 Å². The van der Waals surface area contributed by atoms with Crippen molar-refractivity contribution < 1.29 is 9.13 Å². The smallest absolute Gasteiger partial charge is 0.123 e. The fourth-order valence-electron chi connectivity index (χ4n) is 3.71. The third-order valence-electron chi connectivity index (χ3n) is 5.08. The molecule has 1 N–H and O–H groups in total. The zero-order chi connectivity index (χ0) is 14.7. The predicted octanol–water partition coefficient (Wildman–Crippen LogP) is 4.11. The number of ether oxygens (including phenoxy) is 1. The third-order valence-corrected chi connectivity index (χ3v) is 5.08. The summed E-state index contributed by atoms with van der Waals surface area (Å²) in [7, 11) is 1.66. The van der Waals surface area contributed by atoms with E-state index in [9.17, 15) is 4.39 Å². The van der Waals surface area contributed by atoms with E-state index in [1.54, 1.807) is 19.2 Å². The summed E-state index contributed by atoms with van der Waals surface area (Å²) in [6.45, 7) is 2.21. The molecule has 3 rings (SSSR count). The van der Waals surface area contributed by atoms with E-state index < -0.39 is 0 Å². The van der Waals surface area contributed by atoms with Gasteiger partial charge in [-0.05, 0) is 68.3 Å². The number of halogens is 1. The molecule has 3 heteroatoms. The van der Waals surface area contributed by atoms with Crippen LogP contribution in [0.3, 0.4) is 0 Å². The van der Waals surface area contributed by atoms with Crippen LogP contribution < -0.4 is 10.1 Å². The molecule has 0 aromatic heterocycles. The highest BCUT2D eigenvalue weighted by molar-refractivity contribution is 5.40. The number of hydrogen-bond donors (Lipinski definition) is 1. The van der Waals surface area contributed by atoms with Gasteiger partial charge in [-0.25, -0.2) is 4.39 Å². The molecule has 0 radical (unpaired) electrons. The van der Waals surface area contributed by atoms with Gasteiger partial charge >= 0.3 is 0 Å². The Morgan fingerprint density at radius 3 is 2.76 bits per heavy atom. The van der Waals surface area contributed by atoms with Crippen LogP contribution in [-0.2, 0) is 0 Å². The van der Waals surface area contributed by atoms with Crippen LogP contribution in [0, 0.1) is 17.7 Å². The summed E-state index contributed by atoms with van der Waals surface area (Å²) in [5.41, 5.74) is 1.04. The first-order valence-electron chi connectivity index (χ1n) is 8.32. The van der Waals surface area contributed by atoms with Crippen molar-refractivity contribution in [2.24, 2.45) is 11.8 Å². The lowest BCUT2D eigenvalue weighted by molar-refractivity contribution is 0.340. The molecule has 0 amide bonds. The lowest BCUT2D eigenvalue weighted by Gasteiger charge is -2.21. The second-order valence-corrected chi connectivity index (χ2v) is 6.65. The molecule has 0 saturated heterocycles. The summed E-state index contributed by atoms with van der Waals surface area (Å²) in [5.74, 6) is 2.65. The average Bonchev–Trinajstić information content (AvgIpc) is 3.28. The molecule has 2 aliphatic rings. The second kappa shape index (κ2) is 6.78. The monoisotopic (exact) mass is 291 g/mol. The number of rotatable bonds is 6. The lowest BCUT2D eigenvalue weighted by Crippen LogP contribution is -2.26. The first kappa shape index (κ1) is 14.8. The molecule has 0 spiro atoms. The fourth-order valence-corrected chi connectivity index (χ4v) is 3.71. The first-order valence-corrected chi connectivity index (χ1v) is 8.32. The van der Waals surface area contributed by atoms with Crippen molar-refractivity contribution in [1.82, 2.24) is 5.32 Å². The highest BCUT2D eigenvalue weighted by atomic mass is 19.1. The first-order chi connectivity index (χ1) is 10.3. The van der Waals surface area contributed by atoms with Crippen LogP contribution in [0.5, 0.6) is 5.75 Å². The molecule has 21 heavy (non-hydrogen) atoms. The van der Waals surface area contributed by atoms with Crippen LogP contribution >= 0.6 is 0 Å². The lowest BCUT2D eigenvalue weighted by atomic mass is 9.89. The van der Waals surface area contributed by atoms with E-state index in [1.807, 2.05) is 0 Å². The summed E-state index contributed by atoms with van der Waals surface area (Å²) in [5, 5.41) is 3.63. The zero-order valence-electron chi connectivity index (χ0n) is 12.9. The molecule has 2 fully saturated rings. The van der Waals surface area contributed by atoms with E-state index in [4.69, 9.17) is 4.74 Å². The van der Waals surface area contributed by atoms with Crippen LogP contribution in [0.2, 0.25) is 0 Å². The minimum absolute atomic E-state index is 0.161. The molecule has 2 saturated carbocycles. The van der Waals surface area contributed by atoms with Gasteiger partial charge in [-0.1, -0.05) is 19.3 Å². The maximum atomic E-state index is 13.4. The van der Waals surface area contributed by atoms with E-state index >= 15 is 0 Å². The second-order valence-electron chi connectivity index (χ2n) is 6.65. The Morgan fingerprint density at radius 1 is 1.19 bits per heavy atom. The van der Waals surface area contributed by atoms with Crippen molar-refractivity contribution in [2.45, 2.75) is 44.4 Å². The SMILES string of the molecule is COc1ccc(F)cc1C1CC1CNCC1CCCCC1. The minimum atomic E-state index is -0.161. The molecular formula is C18H26FNO. The summed E-state index contributed by atoms with van der Waals surface area (Å²) in [6.07, 6.45) is 8.15. The van der Waals surface area contributed by atoms with Crippen molar-refractivity contribution in [3.63, 3.8) is 0 Å². The van der Waals surface area contributed by atoms with Crippen LogP contribution in [0.25, 0.3) is 0 Å². The van der Waals surface area contributed by atoms with Crippen molar-refractivity contribution in [3.8, 4) is 5.75 Å². The number of methoxy groups -OCH3 is 1. The molecular weight excluding hydrogens is 265 g/mol. The molecule has 2 aliphatic carbocycles. The molecule has 2 nitrogen and oxygen atoms in total. The number of benzene rings is 1. The highest BCUT2D eigenvalue weighted by Crippen LogP contribution is 2.50. The summed E-state index contributed by atoms with van der Waals surface area (Å²) in [4.78, 5) is 0. The van der Waals surface area contributed by atoms with E-state index in [-0.39, 0.29) is 5.82 Å². The van der Waals surface area contributed by atoms with Crippen molar-refractivity contribution >= 4 is 0 Å². The third kappa shape index (κ3) is 3.76. The normalized spacial score (nSPS) is 25.8. The van der Waals surface area contributed by atoms with Crippen molar-refractivity contribution in [3.05, 3.63) is 29.6 Å². The Balaban J connectivity index is 1.46. The van der Waals surface area contributed by atoms with Gasteiger partial charge in [0, 0.05) is 5.56 Å². The Bertz CT molecular complexity index is 470. The van der Waals surface area contributed by atoms with Crippen molar-refractivity contribution in [2.75, 3.05) is 20.2 Å². The highest BCUT2D eigenvalue weighted by Gasteiger charge is 2.39. The van der Waals surface area contributed by atoms with E-state index in [0.717, 1.165) is 36.7 Å². The van der Waals surface area contributed by atoms with Gasteiger partial charge in [0.05, 0.1) is 7.11 Å². The largest absolute Gasteiger partial charge is 0.496 e. The van der Waals surface area contributed by atoms with Crippen molar-refractivity contribution in [1.29, 1.82) is 0 Å². The standard InChI is InChI=1S/C18H26FNO/c1-21-18-8-7-15(19)10-17(18)16-9-14(16)12-20-11-13-5-3-2-4-6-13/h7-8,10,13-14,16,20H,2-6,9,11-12H2,1H3. The Morgan fingerprint density at radius 2 is 2.00 bits per heavy atom. The summed E-state index contributed by atoms with van der Waals surface area (Å²) in [6, 6.07) is 4.86. The zero-order valence-corrected chi connectivity index (χ0v) is 12.9. The molecule has 0 heterocycles.